The van der Waals surface area contributed by atoms with Crippen LogP contribution >= 0.6 is 0 Å². The van der Waals surface area contributed by atoms with E-state index in [1.807, 2.05) is 0 Å². The van der Waals surface area contributed by atoms with Crippen molar-refractivity contribution >= 4 is 17.6 Å². The molecule has 6 heteroatoms. The molecular weight excluding hydrogens is 224 g/mol. The number of hydrogen-bond acceptors (Lipinski definition) is 5. The van der Waals surface area contributed by atoms with E-state index in [0.29, 0.717) is 5.75 Å². The first kappa shape index (κ1) is 12.8. The zero-order valence-electron chi connectivity index (χ0n) is 9.65. The lowest BCUT2D eigenvalue weighted by atomic mass is 10.1. The molecule has 0 saturated heterocycles. The second-order valence-electron chi connectivity index (χ2n) is 3.17. The molecule has 3 N–H and O–H groups in total. The molecule has 92 valence electrons. The Kier molecular flexibility index (Phi) is 4.33. The fraction of sp³-hybridized carbons (Fsp3) is 0.273. The summed E-state index contributed by atoms with van der Waals surface area (Å²) in [6.45, 7) is -0.341. The van der Waals surface area contributed by atoms with Gasteiger partial charge in [-0.1, -0.05) is 6.07 Å². The highest BCUT2D eigenvalue weighted by Gasteiger charge is 2.15. The van der Waals surface area contributed by atoms with Crippen LogP contribution in [0.15, 0.2) is 18.2 Å². The molecule has 1 amide bonds. The molecule has 17 heavy (non-hydrogen) atoms. The van der Waals surface area contributed by atoms with Crippen molar-refractivity contribution in [3.05, 3.63) is 23.8 Å². The van der Waals surface area contributed by atoms with Crippen molar-refractivity contribution in [1.82, 2.24) is 5.32 Å². The summed E-state index contributed by atoms with van der Waals surface area (Å²) in [5, 5.41) is 2.34. The number of nitrogens with one attached hydrogen (secondary N) is 1. The zero-order valence-corrected chi connectivity index (χ0v) is 9.65. The van der Waals surface area contributed by atoms with Crippen LogP contribution < -0.4 is 15.8 Å². The average Bonchev–Trinajstić information content (AvgIpc) is 2.35. The number of rotatable bonds is 4. The number of nitrogens with two attached hydrogens (primary N) is 1. The van der Waals surface area contributed by atoms with E-state index in [1.165, 1.54) is 20.2 Å². The van der Waals surface area contributed by atoms with Crippen LogP contribution in [0.5, 0.6) is 5.75 Å². The minimum absolute atomic E-state index is 0.174. The topological polar surface area (TPSA) is 90.6 Å². The van der Waals surface area contributed by atoms with E-state index in [-0.39, 0.29) is 23.8 Å². The first-order valence-corrected chi connectivity index (χ1v) is 4.90. The van der Waals surface area contributed by atoms with Gasteiger partial charge in [-0.25, -0.2) is 4.79 Å². The molecule has 1 rings (SSSR count). The van der Waals surface area contributed by atoms with Gasteiger partial charge in [-0.2, -0.15) is 0 Å². The van der Waals surface area contributed by atoms with Gasteiger partial charge >= 0.3 is 5.97 Å². The molecule has 1 aromatic carbocycles. The third-order valence-corrected chi connectivity index (χ3v) is 2.12. The minimum atomic E-state index is -0.662. The van der Waals surface area contributed by atoms with Crippen molar-refractivity contribution < 1.29 is 19.1 Å². The van der Waals surface area contributed by atoms with E-state index in [4.69, 9.17) is 15.2 Å². The molecule has 0 unspecified atom stereocenters. The normalized spacial score (nSPS) is 9.53. The number of carbonyl (C=O) groups is 2. The number of esters is 1. The molecule has 0 heterocycles. The lowest BCUT2D eigenvalue weighted by Gasteiger charge is -2.09. The SMILES string of the molecule is CNC(=O)COC(=O)c1cccc(OC)c1N. The van der Waals surface area contributed by atoms with Crippen molar-refractivity contribution in [2.24, 2.45) is 0 Å². The maximum atomic E-state index is 11.6. The Morgan fingerprint density at radius 3 is 2.71 bits per heavy atom. The lowest BCUT2D eigenvalue weighted by Crippen LogP contribution is -2.25. The second kappa shape index (κ2) is 5.74. The Morgan fingerprint density at radius 1 is 1.41 bits per heavy atom. The van der Waals surface area contributed by atoms with E-state index in [2.05, 4.69) is 5.32 Å². The first-order chi connectivity index (χ1) is 8.10. The Hall–Kier alpha value is -2.24. The summed E-state index contributed by atoms with van der Waals surface area (Å²) >= 11 is 0. The van der Waals surface area contributed by atoms with Crippen LogP contribution in [0.25, 0.3) is 0 Å². The summed E-state index contributed by atoms with van der Waals surface area (Å²) in [5.74, 6) is -0.663. The number of ether oxygens (including phenoxy) is 2. The van der Waals surface area contributed by atoms with Crippen molar-refractivity contribution in [1.29, 1.82) is 0 Å². The molecule has 0 aliphatic rings. The smallest absolute Gasteiger partial charge is 0.340 e. The molecule has 0 atom stereocenters. The molecular formula is C11H14N2O4. The van der Waals surface area contributed by atoms with Crippen molar-refractivity contribution in [2.75, 3.05) is 26.5 Å². The van der Waals surface area contributed by atoms with Gasteiger partial charge in [0.05, 0.1) is 18.4 Å². The predicted molar refractivity (Wildman–Crippen MR) is 61.8 cm³/mol. The molecule has 0 aliphatic carbocycles. The Balaban J connectivity index is 2.79. The number of likely N-dealkylation sites (N-methyl/N-ethyl adjacent to an activating group) is 1. The van der Waals surface area contributed by atoms with E-state index < -0.39 is 5.97 Å². The van der Waals surface area contributed by atoms with Crippen LogP contribution in [-0.2, 0) is 9.53 Å². The third-order valence-electron chi connectivity index (χ3n) is 2.12. The summed E-state index contributed by atoms with van der Waals surface area (Å²) < 4.78 is 9.75. The Bertz CT molecular complexity index is 431. The minimum Gasteiger partial charge on any atom is -0.495 e. The number of para-hydroxylation sites is 1. The van der Waals surface area contributed by atoms with Gasteiger partial charge in [-0.3, -0.25) is 4.79 Å². The fourth-order valence-electron chi connectivity index (χ4n) is 1.18. The second-order valence-corrected chi connectivity index (χ2v) is 3.17. The maximum Gasteiger partial charge on any atom is 0.340 e. The molecule has 0 radical (unpaired) electrons. The van der Waals surface area contributed by atoms with Crippen LogP contribution in [-0.4, -0.2) is 32.6 Å². The molecule has 0 aromatic heterocycles. The van der Waals surface area contributed by atoms with E-state index in [9.17, 15) is 9.59 Å². The summed E-state index contributed by atoms with van der Waals surface area (Å²) in [6, 6.07) is 4.75. The van der Waals surface area contributed by atoms with Gasteiger partial charge in [0, 0.05) is 7.05 Å². The van der Waals surface area contributed by atoms with Gasteiger partial charge in [-0.05, 0) is 12.1 Å². The summed E-state index contributed by atoms with van der Waals surface area (Å²) in [7, 11) is 2.90. The fourth-order valence-corrected chi connectivity index (χ4v) is 1.18. The predicted octanol–water partition coefficient (Wildman–Crippen LogP) is 0.180. The number of amides is 1. The van der Waals surface area contributed by atoms with Crippen molar-refractivity contribution in [3.8, 4) is 5.75 Å². The van der Waals surface area contributed by atoms with E-state index in [0.717, 1.165) is 0 Å². The van der Waals surface area contributed by atoms with Crippen LogP contribution in [0.2, 0.25) is 0 Å². The molecule has 0 aliphatic heterocycles. The highest BCUT2D eigenvalue weighted by Crippen LogP contribution is 2.25. The van der Waals surface area contributed by atoms with Gasteiger partial charge in [0.25, 0.3) is 5.91 Å². The highest BCUT2D eigenvalue weighted by atomic mass is 16.5. The Labute approximate surface area is 98.7 Å². The van der Waals surface area contributed by atoms with Crippen LogP contribution in [0, 0.1) is 0 Å². The van der Waals surface area contributed by atoms with E-state index >= 15 is 0 Å². The van der Waals surface area contributed by atoms with Gasteiger partial charge in [-0.15, -0.1) is 0 Å². The van der Waals surface area contributed by atoms with Gasteiger partial charge in [0.2, 0.25) is 0 Å². The number of nitrogen functional groups attached to an aromatic ring is 1. The Morgan fingerprint density at radius 2 is 2.12 bits per heavy atom. The van der Waals surface area contributed by atoms with Crippen molar-refractivity contribution in [3.63, 3.8) is 0 Å². The van der Waals surface area contributed by atoms with Gasteiger partial charge in [0.15, 0.2) is 6.61 Å². The third kappa shape index (κ3) is 3.10. The van der Waals surface area contributed by atoms with Gasteiger partial charge in [0.1, 0.15) is 5.75 Å². The van der Waals surface area contributed by atoms with Crippen LogP contribution in [0.3, 0.4) is 0 Å². The molecule has 0 saturated carbocycles. The molecule has 6 nitrogen and oxygen atoms in total. The number of hydrogen-bond donors (Lipinski definition) is 2. The summed E-state index contributed by atoms with van der Waals surface area (Å²) in [5.41, 5.74) is 6.07. The average molecular weight is 238 g/mol. The highest BCUT2D eigenvalue weighted by molar-refractivity contribution is 5.97. The number of methoxy groups -OCH3 is 1. The standard InChI is InChI=1S/C11H14N2O4/c1-13-9(14)6-17-11(15)7-4-3-5-8(16-2)10(7)12/h3-5H,6,12H2,1-2H3,(H,13,14). The summed E-state index contributed by atoms with van der Waals surface area (Å²) in [6.07, 6.45) is 0. The first-order valence-electron chi connectivity index (χ1n) is 4.90. The summed E-state index contributed by atoms with van der Waals surface area (Å²) in [4.78, 5) is 22.5. The maximum absolute atomic E-state index is 11.6. The number of benzene rings is 1. The molecule has 0 bridgehead atoms. The number of anilines is 1. The van der Waals surface area contributed by atoms with Gasteiger partial charge < -0.3 is 20.5 Å². The van der Waals surface area contributed by atoms with E-state index in [1.54, 1.807) is 12.1 Å². The number of carbonyl (C=O) groups excluding carboxylic acids is 2. The molecule has 1 aromatic rings. The molecule has 0 fully saturated rings. The molecule has 0 spiro atoms. The quantitative estimate of drug-likeness (QED) is 0.576. The van der Waals surface area contributed by atoms with Crippen LogP contribution in [0.1, 0.15) is 10.4 Å². The van der Waals surface area contributed by atoms with Crippen LogP contribution in [0.4, 0.5) is 5.69 Å². The lowest BCUT2D eigenvalue weighted by molar-refractivity contribution is -0.123. The van der Waals surface area contributed by atoms with Crippen molar-refractivity contribution in [2.45, 2.75) is 0 Å². The monoisotopic (exact) mass is 238 g/mol. The zero-order chi connectivity index (χ0) is 12.8. The largest absolute Gasteiger partial charge is 0.495 e.